The molecule has 1 aliphatic rings. The van der Waals surface area contributed by atoms with Gasteiger partial charge in [-0.1, -0.05) is 42.1 Å². The Labute approximate surface area is 176 Å². The third-order valence-electron chi connectivity index (χ3n) is 5.03. The molecular weight excluding hydrogens is 406 g/mol. The van der Waals surface area contributed by atoms with Crippen LogP contribution in [-0.2, 0) is 24.7 Å². The largest absolute Gasteiger partial charge is 0.348 e. The summed E-state index contributed by atoms with van der Waals surface area (Å²) >= 11 is 2.81. The highest BCUT2D eigenvalue weighted by atomic mass is 32.2. The van der Waals surface area contributed by atoms with Gasteiger partial charge < -0.3 is 5.32 Å². The van der Waals surface area contributed by atoms with E-state index in [-0.39, 0.29) is 29.5 Å². The molecule has 29 heavy (non-hydrogen) atoms. The van der Waals surface area contributed by atoms with E-state index in [2.05, 4.69) is 10.3 Å². The van der Waals surface area contributed by atoms with E-state index in [0.29, 0.717) is 10.7 Å². The smallest absolute Gasteiger partial charge is 0.262 e. The quantitative estimate of drug-likeness (QED) is 0.372. The van der Waals surface area contributed by atoms with Crippen LogP contribution in [0.5, 0.6) is 0 Å². The first-order valence-corrected chi connectivity index (χ1v) is 11.3. The molecule has 1 aromatic carbocycles. The molecule has 2 heterocycles. The van der Waals surface area contributed by atoms with Crippen LogP contribution in [0.15, 0.2) is 40.3 Å². The molecule has 3 aromatic rings. The minimum Gasteiger partial charge on any atom is -0.348 e. The first-order chi connectivity index (χ1) is 14.0. The molecule has 0 radical (unpaired) electrons. The summed E-state index contributed by atoms with van der Waals surface area (Å²) < 4.78 is 1.52. The second kappa shape index (κ2) is 8.51. The van der Waals surface area contributed by atoms with Crippen LogP contribution in [0.25, 0.3) is 10.2 Å². The van der Waals surface area contributed by atoms with Gasteiger partial charge in [0.05, 0.1) is 17.7 Å². The van der Waals surface area contributed by atoms with Crippen LogP contribution < -0.4 is 10.9 Å². The monoisotopic (exact) mass is 427 g/mol. The molecule has 150 valence electrons. The highest BCUT2D eigenvalue weighted by Gasteiger charge is 2.21. The summed E-state index contributed by atoms with van der Waals surface area (Å²) in [5.74, 6) is -0.307. The Bertz CT molecular complexity index is 1140. The van der Waals surface area contributed by atoms with Crippen molar-refractivity contribution >= 4 is 45.0 Å². The van der Waals surface area contributed by atoms with Gasteiger partial charge in [0.25, 0.3) is 5.56 Å². The summed E-state index contributed by atoms with van der Waals surface area (Å²) in [7, 11) is 1.70. The number of ketones is 1. The van der Waals surface area contributed by atoms with Crippen LogP contribution in [0.4, 0.5) is 0 Å². The minimum atomic E-state index is -0.265. The topological polar surface area (TPSA) is 81.1 Å². The van der Waals surface area contributed by atoms with Crippen molar-refractivity contribution in [3.8, 4) is 0 Å². The number of aryl methyl sites for hydroxylation is 2. The third-order valence-corrected chi connectivity index (χ3v) is 7.25. The van der Waals surface area contributed by atoms with E-state index in [1.165, 1.54) is 21.2 Å². The van der Waals surface area contributed by atoms with Gasteiger partial charge in [-0.3, -0.25) is 19.0 Å². The first kappa shape index (κ1) is 19.8. The average molecular weight is 428 g/mol. The predicted octanol–water partition coefficient (Wildman–Crippen LogP) is 2.97. The lowest BCUT2D eigenvalue weighted by molar-refractivity contribution is -0.118. The molecular formula is C21H21N3O3S2. The van der Waals surface area contributed by atoms with Crippen LogP contribution in [0.1, 0.15) is 33.6 Å². The molecule has 6 nitrogen and oxygen atoms in total. The van der Waals surface area contributed by atoms with Crippen molar-refractivity contribution < 1.29 is 9.59 Å². The van der Waals surface area contributed by atoms with Crippen molar-refractivity contribution in [2.24, 2.45) is 7.05 Å². The number of Topliss-reactive ketones (excluding diaryl/α,β-unsaturated/α-hetero) is 1. The molecule has 0 aliphatic heterocycles. The summed E-state index contributed by atoms with van der Waals surface area (Å²) in [4.78, 5) is 43.8. The van der Waals surface area contributed by atoms with Crippen LogP contribution >= 0.6 is 23.1 Å². The van der Waals surface area contributed by atoms with E-state index in [4.69, 9.17) is 0 Å². The van der Waals surface area contributed by atoms with Crippen molar-refractivity contribution in [1.29, 1.82) is 0 Å². The molecule has 0 bridgehead atoms. The van der Waals surface area contributed by atoms with Gasteiger partial charge in [0, 0.05) is 17.5 Å². The molecule has 0 unspecified atom stereocenters. The summed E-state index contributed by atoms with van der Waals surface area (Å²) in [6.07, 6.45) is 4.22. The number of rotatable bonds is 6. The van der Waals surface area contributed by atoms with Gasteiger partial charge >= 0.3 is 0 Å². The number of hydrogen-bond donors (Lipinski definition) is 1. The van der Waals surface area contributed by atoms with Crippen molar-refractivity contribution in [3.63, 3.8) is 0 Å². The molecule has 0 saturated heterocycles. The summed E-state index contributed by atoms with van der Waals surface area (Å²) in [5, 5.41) is 3.90. The first-order valence-electron chi connectivity index (χ1n) is 9.53. The number of aromatic nitrogens is 2. The van der Waals surface area contributed by atoms with E-state index >= 15 is 0 Å². The summed E-state index contributed by atoms with van der Waals surface area (Å²) in [6.45, 7) is -0.0492. The Morgan fingerprint density at radius 2 is 1.97 bits per heavy atom. The van der Waals surface area contributed by atoms with Crippen molar-refractivity contribution in [2.45, 2.75) is 30.8 Å². The predicted molar refractivity (Wildman–Crippen MR) is 116 cm³/mol. The SMILES string of the molecule is Cn1c(SCC(=O)NCC(=O)c2ccccc2)nc2sc3c(c2c1=O)CCCC3. The Balaban J connectivity index is 1.43. The zero-order chi connectivity index (χ0) is 20.4. The standard InChI is InChI=1S/C21H21N3O3S2/c1-24-20(27)18-14-9-5-6-10-16(14)29-19(18)23-21(24)28-12-17(26)22-11-15(25)13-7-3-2-4-8-13/h2-4,7-8H,5-6,9-12H2,1H3,(H,22,26). The number of nitrogens with zero attached hydrogens (tertiary/aromatic N) is 2. The normalized spacial score (nSPS) is 13.3. The number of fused-ring (bicyclic) bond motifs is 3. The molecule has 1 amide bonds. The van der Waals surface area contributed by atoms with Crippen molar-refractivity contribution in [1.82, 2.24) is 14.9 Å². The molecule has 0 saturated carbocycles. The third kappa shape index (κ3) is 4.13. The fourth-order valence-electron chi connectivity index (χ4n) is 3.48. The second-order valence-electron chi connectivity index (χ2n) is 7.00. The van der Waals surface area contributed by atoms with Crippen molar-refractivity contribution in [2.75, 3.05) is 12.3 Å². The maximum absolute atomic E-state index is 12.9. The number of thiophene rings is 1. The lowest BCUT2D eigenvalue weighted by Crippen LogP contribution is -2.31. The Kier molecular flexibility index (Phi) is 5.82. The number of benzene rings is 1. The lowest BCUT2D eigenvalue weighted by atomic mass is 9.97. The Morgan fingerprint density at radius 3 is 2.76 bits per heavy atom. The molecule has 2 aromatic heterocycles. The molecule has 8 heteroatoms. The number of thioether (sulfide) groups is 1. The van der Waals surface area contributed by atoms with Gasteiger partial charge in [0.15, 0.2) is 10.9 Å². The zero-order valence-electron chi connectivity index (χ0n) is 16.1. The van der Waals surface area contributed by atoms with E-state index in [1.807, 2.05) is 6.07 Å². The second-order valence-corrected chi connectivity index (χ2v) is 9.03. The fourth-order valence-corrected chi connectivity index (χ4v) is 5.59. The molecule has 0 fully saturated rings. The number of amides is 1. The van der Waals surface area contributed by atoms with Gasteiger partial charge in [-0.25, -0.2) is 4.98 Å². The molecule has 1 N–H and O–H groups in total. The summed E-state index contributed by atoms with van der Waals surface area (Å²) in [6, 6.07) is 8.85. The Morgan fingerprint density at radius 1 is 1.21 bits per heavy atom. The summed E-state index contributed by atoms with van der Waals surface area (Å²) in [5.41, 5.74) is 1.69. The molecule has 1 aliphatic carbocycles. The fraction of sp³-hybridized carbons (Fsp3) is 0.333. The number of nitrogens with one attached hydrogen (secondary N) is 1. The number of carbonyl (C=O) groups excluding carboxylic acids is 2. The van der Waals surface area contributed by atoms with Gasteiger partial charge in [-0.15, -0.1) is 11.3 Å². The minimum absolute atomic E-state index is 0.0448. The van der Waals surface area contributed by atoms with E-state index in [1.54, 1.807) is 42.6 Å². The van der Waals surface area contributed by atoms with Gasteiger partial charge in [-0.2, -0.15) is 0 Å². The highest BCUT2D eigenvalue weighted by molar-refractivity contribution is 7.99. The van der Waals surface area contributed by atoms with Gasteiger partial charge in [-0.05, 0) is 31.2 Å². The zero-order valence-corrected chi connectivity index (χ0v) is 17.7. The average Bonchev–Trinajstić information content (AvgIpc) is 3.12. The maximum atomic E-state index is 12.9. The molecule has 4 rings (SSSR count). The van der Waals surface area contributed by atoms with E-state index in [0.717, 1.165) is 41.5 Å². The van der Waals surface area contributed by atoms with Crippen molar-refractivity contribution in [3.05, 3.63) is 56.7 Å². The van der Waals surface area contributed by atoms with Crippen LogP contribution in [0, 0.1) is 0 Å². The highest BCUT2D eigenvalue weighted by Crippen LogP contribution is 2.34. The lowest BCUT2D eigenvalue weighted by Gasteiger charge is -2.11. The van der Waals surface area contributed by atoms with Crippen LogP contribution in [-0.4, -0.2) is 33.5 Å². The molecule has 0 atom stereocenters. The number of carbonyl (C=O) groups is 2. The van der Waals surface area contributed by atoms with Gasteiger partial charge in [0.1, 0.15) is 4.83 Å². The van der Waals surface area contributed by atoms with Crippen LogP contribution in [0.2, 0.25) is 0 Å². The van der Waals surface area contributed by atoms with E-state index < -0.39 is 0 Å². The van der Waals surface area contributed by atoms with Crippen LogP contribution in [0.3, 0.4) is 0 Å². The maximum Gasteiger partial charge on any atom is 0.262 e. The molecule has 0 spiro atoms. The van der Waals surface area contributed by atoms with Gasteiger partial charge in [0.2, 0.25) is 5.91 Å². The number of hydrogen-bond acceptors (Lipinski definition) is 6. The van der Waals surface area contributed by atoms with E-state index in [9.17, 15) is 14.4 Å². The Hall–Kier alpha value is -2.45.